The maximum atomic E-state index is 11.8. The van der Waals surface area contributed by atoms with E-state index >= 15 is 0 Å². The van der Waals surface area contributed by atoms with Crippen LogP contribution in [0.1, 0.15) is 22.3 Å². The monoisotopic (exact) mass is 306 g/mol. The first-order valence-electron chi connectivity index (χ1n) is 6.27. The van der Waals surface area contributed by atoms with Gasteiger partial charge in [0.1, 0.15) is 0 Å². The van der Waals surface area contributed by atoms with Crippen molar-refractivity contribution in [1.82, 2.24) is 5.32 Å². The highest BCUT2D eigenvalue weighted by Gasteiger charge is 2.23. The first kappa shape index (κ1) is 15.0. The van der Waals surface area contributed by atoms with Gasteiger partial charge in [0.2, 0.25) is 0 Å². The van der Waals surface area contributed by atoms with E-state index in [4.69, 9.17) is 4.74 Å². The molecule has 0 unspecified atom stereocenters. The zero-order chi connectivity index (χ0) is 15.2. The minimum atomic E-state index is -0.974. The van der Waals surface area contributed by atoms with Gasteiger partial charge in [-0.1, -0.05) is 6.07 Å². The van der Waals surface area contributed by atoms with E-state index < -0.39 is 18.0 Å². The molecule has 2 aromatic heterocycles. The van der Waals surface area contributed by atoms with Crippen molar-refractivity contribution in [1.29, 1.82) is 0 Å². The fourth-order valence-corrected chi connectivity index (χ4v) is 2.24. The van der Waals surface area contributed by atoms with Gasteiger partial charge in [-0.25, -0.2) is 4.79 Å². The Hall–Kier alpha value is -2.41. The van der Waals surface area contributed by atoms with Crippen LogP contribution in [0.4, 0.5) is 0 Å². The van der Waals surface area contributed by atoms with E-state index in [2.05, 4.69) is 5.32 Å². The molecule has 0 aliphatic heterocycles. The molecule has 1 N–H and O–H groups in total. The highest BCUT2D eigenvalue weighted by atomic mass is 32.1. The molecule has 0 fully saturated rings. The molecule has 0 aliphatic rings. The van der Waals surface area contributed by atoms with Crippen molar-refractivity contribution >= 4 is 23.2 Å². The second-order valence-corrected chi connectivity index (χ2v) is 5.29. The molecule has 0 saturated carbocycles. The first-order valence-corrected chi connectivity index (χ1v) is 7.15. The molecule has 1 atom stereocenters. The van der Waals surface area contributed by atoms with Gasteiger partial charge >= 0.3 is 11.7 Å². The van der Waals surface area contributed by atoms with Gasteiger partial charge in [-0.15, -0.1) is 11.3 Å². The Balaban J connectivity index is 1.88. The molecule has 0 saturated heterocycles. The quantitative estimate of drug-likeness (QED) is 0.512. The summed E-state index contributed by atoms with van der Waals surface area (Å²) in [5.74, 6) is -1.24. The lowest BCUT2D eigenvalue weighted by molar-refractivity contribution is -0.608. The summed E-state index contributed by atoms with van der Waals surface area (Å²) in [6.45, 7) is 1.84. The summed E-state index contributed by atoms with van der Waals surface area (Å²) in [7, 11) is 0. The zero-order valence-corrected chi connectivity index (χ0v) is 12.1. The molecule has 21 heavy (non-hydrogen) atoms. The van der Waals surface area contributed by atoms with Gasteiger partial charge in [0.15, 0.2) is 12.3 Å². The number of nitrogens with zero attached hydrogens (tertiary/aromatic N) is 1. The van der Waals surface area contributed by atoms with Gasteiger partial charge in [-0.2, -0.15) is 4.73 Å². The molecule has 0 bridgehead atoms. The Morgan fingerprint density at radius 2 is 2.19 bits per heavy atom. The van der Waals surface area contributed by atoms with Crippen LogP contribution in [-0.4, -0.2) is 18.0 Å². The van der Waals surface area contributed by atoms with Crippen molar-refractivity contribution in [3.63, 3.8) is 0 Å². The number of nitrogens with one attached hydrogen (secondary N) is 1. The van der Waals surface area contributed by atoms with Crippen molar-refractivity contribution in [3.05, 3.63) is 57.7 Å². The van der Waals surface area contributed by atoms with E-state index in [0.717, 1.165) is 4.88 Å². The second kappa shape index (κ2) is 6.85. The van der Waals surface area contributed by atoms with Crippen molar-refractivity contribution in [2.45, 2.75) is 19.6 Å². The predicted molar refractivity (Wildman–Crippen MR) is 76.4 cm³/mol. The maximum Gasteiger partial charge on any atom is 0.405 e. The number of aromatic nitrogens is 1. The van der Waals surface area contributed by atoms with E-state index in [9.17, 15) is 14.8 Å². The molecule has 6 nitrogen and oxygen atoms in total. The standard InChI is InChI=1S/C14H14N2O4S/c1-10(13(17)15-9-11-5-4-8-21-11)20-14(18)12-6-2-3-7-16(12)19/h2-8,10H,9H2,1H3,(H,15,17)/t10-/m1/s1. The van der Waals surface area contributed by atoms with Crippen LogP contribution in [0.3, 0.4) is 0 Å². The number of hydrogen-bond donors (Lipinski definition) is 1. The molecular weight excluding hydrogens is 292 g/mol. The molecule has 2 rings (SSSR count). The number of esters is 1. The summed E-state index contributed by atoms with van der Waals surface area (Å²) in [6, 6.07) is 8.17. The predicted octanol–water partition coefficient (Wildman–Crippen LogP) is 1.24. The summed E-state index contributed by atoms with van der Waals surface area (Å²) in [4.78, 5) is 24.6. The van der Waals surface area contributed by atoms with Crippen molar-refractivity contribution < 1.29 is 19.1 Å². The summed E-state index contributed by atoms with van der Waals surface area (Å²) >= 11 is 1.52. The molecule has 0 aliphatic carbocycles. The van der Waals surface area contributed by atoms with Gasteiger partial charge in [0.25, 0.3) is 5.91 Å². The number of thiophene rings is 1. The van der Waals surface area contributed by atoms with Crippen LogP contribution in [-0.2, 0) is 16.1 Å². The van der Waals surface area contributed by atoms with Gasteiger partial charge in [0.05, 0.1) is 6.54 Å². The Kier molecular flexibility index (Phi) is 4.89. The summed E-state index contributed by atoms with van der Waals surface area (Å²) in [5.41, 5.74) is -0.157. The highest BCUT2D eigenvalue weighted by molar-refractivity contribution is 7.09. The third kappa shape index (κ3) is 4.03. The Bertz CT molecular complexity index is 628. The number of rotatable bonds is 5. The molecule has 0 radical (unpaired) electrons. The number of amides is 1. The van der Waals surface area contributed by atoms with Crippen LogP contribution in [0.5, 0.6) is 0 Å². The highest BCUT2D eigenvalue weighted by Crippen LogP contribution is 2.08. The fraction of sp³-hybridized carbons (Fsp3) is 0.214. The summed E-state index contributed by atoms with van der Waals surface area (Å²) < 4.78 is 5.38. The third-order valence-electron chi connectivity index (χ3n) is 2.70. The number of carbonyl (C=O) groups excluding carboxylic acids is 2. The normalized spacial score (nSPS) is 11.7. The molecule has 0 spiro atoms. The maximum absolute atomic E-state index is 11.8. The van der Waals surface area contributed by atoms with Gasteiger partial charge < -0.3 is 15.3 Å². The van der Waals surface area contributed by atoms with Crippen LogP contribution in [0.15, 0.2) is 41.9 Å². The Morgan fingerprint density at radius 1 is 1.38 bits per heavy atom. The Labute approximate surface area is 125 Å². The molecule has 7 heteroatoms. The summed E-state index contributed by atoms with van der Waals surface area (Å²) in [6.07, 6.45) is 0.218. The number of hydrogen-bond acceptors (Lipinski definition) is 5. The molecular formula is C14H14N2O4S. The minimum Gasteiger partial charge on any atom is -0.618 e. The van der Waals surface area contributed by atoms with Crippen LogP contribution < -0.4 is 10.0 Å². The van der Waals surface area contributed by atoms with E-state index in [-0.39, 0.29) is 5.69 Å². The van der Waals surface area contributed by atoms with Gasteiger partial charge in [0, 0.05) is 17.0 Å². The SMILES string of the molecule is C[C@@H](OC(=O)c1cccc[n+]1[O-])C(=O)NCc1cccs1. The molecule has 2 heterocycles. The van der Waals surface area contributed by atoms with E-state index in [1.165, 1.54) is 36.6 Å². The Morgan fingerprint density at radius 3 is 2.86 bits per heavy atom. The van der Waals surface area contributed by atoms with Crippen molar-refractivity contribution in [2.75, 3.05) is 0 Å². The topological polar surface area (TPSA) is 82.3 Å². The molecule has 110 valence electrons. The van der Waals surface area contributed by atoms with Crippen LogP contribution in [0, 0.1) is 5.21 Å². The number of carbonyl (C=O) groups is 2. The molecule has 1 amide bonds. The molecule has 0 aromatic carbocycles. The molecule has 2 aromatic rings. The smallest absolute Gasteiger partial charge is 0.405 e. The van der Waals surface area contributed by atoms with Crippen molar-refractivity contribution in [2.24, 2.45) is 0 Å². The van der Waals surface area contributed by atoms with Crippen molar-refractivity contribution in [3.8, 4) is 0 Å². The minimum absolute atomic E-state index is 0.157. The van der Waals surface area contributed by atoms with Gasteiger partial charge in [-0.05, 0) is 24.4 Å². The lowest BCUT2D eigenvalue weighted by Crippen LogP contribution is -2.39. The number of ether oxygens (including phenoxy) is 1. The number of pyridine rings is 1. The van der Waals surface area contributed by atoms with Crippen LogP contribution in [0.25, 0.3) is 0 Å². The third-order valence-corrected chi connectivity index (χ3v) is 3.58. The largest absolute Gasteiger partial charge is 0.618 e. The van der Waals surface area contributed by atoms with Crippen LogP contribution >= 0.6 is 11.3 Å². The van der Waals surface area contributed by atoms with E-state index in [0.29, 0.717) is 11.3 Å². The van der Waals surface area contributed by atoms with Crippen LogP contribution in [0.2, 0.25) is 0 Å². The lowest BCUT2D eigenvalue weighted by Gasteiger charge is -2.12. The average molecular weight is 306 g/mol. The van der Waals surface area contributed by atoms with Gasteiger partial charge in [-0.3, -0.25) is 4.79 Å². The first-order chi connectivity index (χ1) is 10.1. The summed E-state index contributed by atoms with van der Waals surface area (Å²) in [5, 5.41) is 16.0. The zero-order valence-electron chi connectivity index (χ0n) is 11.3. The average Bonchev–Trinajstić information content (AvgIpc) is 2.98. The lowest BCUT2D eigenvalue weighted by atomic mass is 10.3. The second-order valence-electron chi connectivity index (χ2n) is 4.26. The van der Waals surface area contributed by atoms with E-state index in [1.807, 2.05) is 17.5 Å². The fourth-order valence-electron chi connectivity index (χ4n) is 1.59. The van der Waals surface area contributed by atoms with E-state index in [1.54, 1.807) is 6.07 Å².